The van der Waals surface area contributed by atoms with Crippen molar-refractivity contribution in [2.75, 3.05) is 7.11 Å². The fourth-order valence-corrected chi connectivity index (χ4v) is 2.96. The van der Waals surface area contributed by atoms with E-state index in [1.54, 1.807) is 48.5 Å². The fraction of sp³-hybridized carbons (Fsp3) is 0.125. The third-order valence-corrected chi connectivity index (χ3v) is 4.52. The van der Waals surface area contributed by atoms with Crippen LogP contribution in [0.2, 0.25) is 0 Å². The molecule has 0 bridgehead atoms. The van der Waals surface area contributed by atoms with Gasteiger partial charge in [0.2, 0.25) is 0 Å². The lowest BCUT2D eigenvalue weighted by molar-refractivity contribution is -0.142. The predicted octanol–water partition coefficient (Wildman–Crippen LogP) is 3.43. The molecule has 0 radical (unpaired) electrons. The van der Waals surface area contributed by atoms with Crippen LogP contribution in [0.25, 0.3) is 0 Å². The van der Waals surface area contributed by atoms with Crippen molar-refractivity contribution in [3.63, 3.8) is 0 Å². The van der Waals surface area contributed by atoms with E-state index in [9.17, 15) is 14.4 Å². The summed E-state index contributed by atoms with van der Waals surface area (Å²) in [5.41, 5.74) is 2.34. The molecule has 146 valence electrons. The summed E-state index contributed by atoms with van der Waals surface area (Å²) in [5, 5.41) is 2.71. The van der Waals surface area contributed by atoms with Crippen LogP contribution in [0, 0.1) is 0 Å². The third-order valence-electron chi connectivity index (χ3n) is 4.52. The maximum Gasteiger partial charge on any atom is 0.328 e. The number of nitrogens with one attached hydrogen (secondary N) is 1. The van der Waals surface area contributed by atoms with Gasteiger partial charge in [-0.2, -0.15) is 0 Å². The minimum atomic E-state index is -0.805. The number of hydrogen-bond donors (Lipinski definition) is 1. The molecule has 5 heteroatoms. The number of hydrogen-bond acceptors (Lipinski definition) is 4. The van der Waals surface area contributed by atoms with Crippen molar-refractivity contribution in [3.8, 4) is 0 Å². The summed E-state index contributed by atoms with van der Waals surface area (Å²) in [5.74, 6) is -1.04. The lowest BCUT2D eigenvalue weighted by atomic mass is 10.0. The van der Waals surface area contributed by atoms with Crippen molar-refractivity contribution >= 4 is 17.7 Å². The van der Waals surface area contributed by atoms with Crippen LogP contribution in [0.4, 0.5) is 0 Å². The number of amides is 1. The second-order valence-corrected chi connectivity index (χ2v) is 6.51. The molecule has 29 heavy (non-hydrogen) atoms. The molecule has 0 saturated heterocycles. The minimum absolute atomic E-state index is 0.117. The molecule has 0 aliphatic carbocycles. The van der Waals surface area contributed by atoms with Gasteiger partial charge in [0, 0.05) is 23.1 Å². The molecule has 0 heterocycles. The van der Waals surface area contributed by atoms with Crippen LogP contribution >= 0.6 is 0 Å². The van der Waals surface area contributed by atoms with Crippen molar-refractivity contribution < 1.29 is 19.1 Å². The zero-order chi connectivity index (χ0) is 20.6. The average Bonchev–Trinajstić information content (AvgIpc) is 2.79. The van der Waals surface area contributed by atoms with Gasteiger partial charge >= 0.3 is 5.97 Å². The molecule has 0 spiro atoms. The van der Waals surface area contributed by atoms with E-state index >= 15 is 0 Å². The predicted molar refractivity (Wildman–Crippen MR) is 110 cm³/mol. The topological polar surface area (TPSA) is 72.5 Å². The van der Waals surface area contributed by atoms with Gasteiger partial charge in [0.25, 0.3) is 5.91 Å². The number of carbonyl (C=O) groups is 3. The molecule has 1 N–H and O–H groups in total. The third kappa shape index (κ3) is 5.17. The Morgan fingerprint density at radius 3 is 1.86 bits per heavy atom. The molecule has 0 unspecified atom stereocenters. The molecule has 0 aromatic heterocycles. The van der Waals surface area contributed by atoms with Crippen molar-refractivity contribution in [1.29, 1.82) is 0 Å². The normalized spacial score (nSPS) is 11.3. The van der Waals surface area contributed by atoms with E-state index in [2.05, 4.69) is 5.32 Å². The molecule has 3 aromatic rings. The van der Waals surface area contributed by atoms with Gasteiger partial charge in [0.05, 0.1) is 7.11 Å². The maximum atomic E-state index is 12.6. The number of methoxy groups -OCH3 is 1. The highest BCUT2D eigenvalue weighted by atomic mass is 16.5. The summed E-state index contributed by atoms with van der Waals surface area (Å²) < 4.78 is 4.82. The first kappa shape index (κ1) is 20.0. The standard InChI is InChI=1S/C24H21NO4/c1-29-24(28)21(16-17-8-4-2-5-9-17)25-23(27)20-14-12-19(13-15-20)22(26)18-10-6-3-7-11-18/h2-15,21H,16H2,1H3,(H,25,27)/t21-/m1/s1. The molecule has 0 aliphatic rings. The van der Waals surface area contributed by atoms with Gasteiger partial charge in [-0.1, -0.05) is 72.8 Å². The van der Waals surface area contributed by atoms with E-state index in [0.717, 1.165) is 5.56 Å². The molecule has 3 aromatic carbocycles. The lowest BCUT2D eigenvalue weighted by Crippen LogP contribution is -2.43. The number of benzene rings is 3. The Bertz CT molecular complexity index is 982. The summed E-state index contributed by atoms with van der Waals surface area (Å²) in [4.78, 5) is 37.2. The molecular formula is C24H21NO4. The van der Waals surface area contributed by atoms with Crippen LogP contribution in [0.3, 0.4) is 0 Å². The van der Waals surface area contributed by atoms with Gasteiger partial charge in [0.1, 0.15) is 6.04 Å². The summed E-state index contributed by atoms with van der Waals surface area (Å²) in [6.07, 6.45) is 0.323. The summed E-state index contributed by atoms with van der Waals surface area (Å²) in [6, 6.07) is 23.9. The maximum absolute atomic E-state index is 12.6. The van der Waals surface area contributed by atoms with Gasteiger partial charge in [-0.05, 0) is 17.7 Å². The molecule has 0 fully saturated rings. The van der Waals surface area contributed by atoms with E-state index < -0.39 is 17.9 Å². The van der Waals surface area contributed by atoms with Crippen LogP contribution in [-0.4, -0.2) is 30.8 Å². The zero-order valence-electron chi connectivity index (χ0n) is 16.0. The van der Waals surface area contributed by atoms with Gasteiger partial charge < -0.3 is 10.1 Å². The van der Waals surface area contributed by atoms with Crippen LogP contribution in [0.5, 0.6) is 0 Å². The van der Waals surface area contributed by atoms with Gasteiger partial charge in [-0.25, -0.2) is 4.79 Å². The summed E-state index contributed by atoms with van der Waals surface area (Å²) in [7, 11) is 1.29. The van der Waals surface area contributed by atoms with Crippen molar-refractivity contribution in [2.24, 2.45) is 0 Å². The fourth-order valence-electron chi connectivity index (χ4n) is 2.96. The molecule has 0 saturated carbocycles. The number of carbonyl (C=O) groups excluding carboxylic acids is 3. The average molecular weight is 387 g/mol. The highest BCUT2D eigenvalue weighted by Crippen LogP contribution is 2.12. The van der Waals surface area contributed by atoms with Crippen molar-refractivity contribution in [3.05, 3.63) is 107 Å². The quantitative estimate of drug-likeness (QED) is 0.498. The van der Waals surface area contributed by atoms with E-state index in [4.69, 9.17) is 4.74 Å². The Morgan fingerprint density at radius 1 is 0.759 bits per heavy atom. The molecule has 1 atom stereocenters. The van der Waals surface area contributed by atoms with E-state index in [1.165, 1.54) is 7.11 Å². The number of ketones is 1. The largest absolute Gasteiger partial charge is 0.467 e. The van der Waals surface area contributed by atoms with Crippen molar-refractivity contribution in [2.45, 2.75) is 12.5 Å². The van der Waals surface area contributed by atoms with E-state index in [1.807, 2.05) is 36.4 Å². The highest BCUT2D eigenvalue weighted by Gasteiger charge is 2.22. The highest BCUT2D eigenvalue weighted by molar-refractivity contribution is 6.09. The number of esters is 1. The Hall–Kier alpha value is -3.73. The second kappa shape index (κ2) is 9.46. The van der Waals surface area contributed by atoms with Gasteiger partial charge in [-0.15, -0.1) is 0 Å². The Balaban J connectivity index is 1.71. The van der Waals surface area contributed by atoms with Gasteiger partial charge in [0.15, 0.2) is 5.78 Å². The molecule has 0 aliphatic heterocycles. The Kier molecular flexibility index (Phi) is 6.53. The SMILES string of the molecule is COC(=O)[C@@H](Cc1ccccc1)NC(=O)c1ccc(C(=O)c2ccccc2)cc1. The van der Waals surface area contributed by atoms with Crippen molar-refractivity contribution in [1.82, 2.24) is 5.32 Å². The Morgan fingerprint density at radius 2 is 1.28 bits per heavy atom. The summed E-state index contributed by atoms with van der Waals surface area (Å²) in [6.45, 7) is 0. The first-order chi connectivity index (χ1) is 14.1. The van der Waals surface area contributed by atoms with E-state index in [-0.39, 0.29) is 5.78 Å². The molecule has 1 amide bonds. The van der Waals surface area contributed by atoms with E-state index in [0.29, 0.717) is 23.1 Å². The molecule has 5 nitrogen and oxygen atoms in total. The zero-order valence-corrected chi connectivity index (χ0v) is 16.0. The lowest BCUT2D eigenvalue weighted by Gasteiger charge is -2.17. The minimum Gasteiger partial charge on any atom is -0.467 e. The van der Waals surface area contributed by atoms with Gasteiger partial charge in [-0.3, -0.25) is 9.59 Å². The number of rotatable bonds is 7. The second-order valence-electron chi connectivity index (χ2n) is 6.51. The summed E-state index contributed by atoms with van der Waals surface area (Å²) >= 11 is 0. The van der Waals surface area contributed by atoms with Crippen LogP contribution in [0.15, 0.2) is 84.9 Å². The molecular weight excluding hydrogens is 366 g/mol. The van der Waals surface area contributed by atoms with Crippen LogP contribution < -0.4 is 5.32 Å². The monoisotopic (exact) mass is 387 g/mol. The smallest absolute Gasteiger partial charge is 0.328 e. The van der Waals surface area contributed by atoms with Crippen LogP contribution in [0.1, 0.15) is 31.8 Å². The van der Waals surface area contributed by atoms with Crippen LogP contribution in [-0.2, 0) is 16.0 Å². The first-order valence-electron chi connectivity index (χ1n) is 9.21. The number of ether oxygens (including phenoxy) is 1. The molecule has 3 rings (SSSR count). The Labute approximate surface area is 169 Å². The first-order valence-corrected chi connectivity index (χ1v) is 9.21.